The van der Waals surface area contributed by atoms with Crippen molar-refractivity contribution in [2.24, 2.45) is 0 Å². The monoisotopic (exact) mass is 285 g/mol. The second-order valence-electron chi connectivity index (χ2n) is 4.66. The van der Waals surface area contributed by atoms with Crippen LogP contribution in [0.5, 0.6) is 11.5 Å². The number of alkyl halides is 1. The highest BCUT2D eigenvalue weighted by atomic mass is 35.5. The van der Waals surface area contributed by atoms with Crippen molar-refractivity contribution in [3.05, 3.63) is 23.8 Å². The van der Waals surface area contributed by atoms with Gasteiger partial charge in [0, 0.05) is 11.4 Å². The average Bonchev–Trinajstić information content (AvgIpc) is 2.39. The molecule has 1 rings (SSSR count). The van der Waals surface area contributed by atoms with Crippen LogP contribution in [0.2, 0.25) is 0 Å². The standard InChI is InChI=1S/C14H20ClNO3/c1-4-14(2,8-9-15)16-13(18)10-6-5-7-11(19-3)12(10)17/h5-7,17H,4,8-9H2,1-3H3,(H,16,18). The maximum atomic E-state index is 12.2. The first-order valence-electron chi connectivity index (χ1n) is 6.22. The minimum absolute atomic E-state index is 0.146. The van der Waals surface area contributed by atoms with Crippen LogP contribution < -0.4 is 10.1 Å². The minimum atomic E-state index is -0.381. The van der Waals surface area contributed by atoms with Crippen LogP contribution in [0.4, 0.5) is 0 Å². The van der Waals surface area contributed by atoms with E-state index in [9.17, 15) is 9.90 Å². The molecule has 0 aliphatic heterocycles. The van der Waals surface area contributed by atoms with E-state index >= 15 is 0 Å². The van der Waals surface area contributed by atoms with Crippen LogP contribution >= 0.6 is 11.6 Å². The van der Waals surface area contributed by atoms with Crippen molar-refractivity contribution in [2.45, 2.75) is 32.2 Å². The molecule has 106 valence electrons. The molecule has 1 amide bonds. The number of halogens is 1. The number of phenolic OH excluding ortho intramolecular Hbond substituents is 1. The molecule has 0 aliphatic rings. The number of carbonyl (C=O) groups is 1. The number of ether oxygens (including phenoxy) is 1. The van der Waals surface area contributed by atoms with E-state index in [2.05, 4.69) is 5.32 Å². The van der Waals surface area contributed by atoms with Crippen LogP contribution in [0.3, 0.4) is 0 Å². The third-order valence-corrected chi connectivity index (χ3v) is 3.49. The molecule has 0 saturated heterocycles. The first-order valence-corrected chi connectivity index (χ1v) is 6.75. The van der Waals surface area contributed by atoms with E-state index in [1.807, 2.05) is 13.8 Å². The number of benzene rings is 1. The molecule has 0 aliphatic carbocycles. The summed E-state index contributed by atoms with van der Waals surface area (Å²) in [6.45, 7) is 3.92. The predicted molar refractivity (Wildman–Crippen MR) is 76.2 cm³/mol. The Balaban J connectivity index is 2.95. The third kappa shape index (κ3) is 3.77. The van der Waals surface area contributed by atoms with E-state index in [4.69, 9.17) is 16.3 Å². The largest absolute Gasteiger partial charge is 0.504 e. The zero-order chi connectivity index (χ0) is 14.5. The number of rotatable bonds is 6. The Morgan fingerprint density at radius 3 is 2.74 bits per heavy atom. The average molecular weight is 286 g/mol. The summed E-state index contributed by atoms with van der Waals surface area (Å²) in [4.78, 5) is 12.2. The van der Waals surface area contributed by atoms with E-state index in [-0.39, 0.29) is 28.5 Å². The van der Waals surface area contributed by atoms with E-state index in [0.717, 1.165) is 6.42 Å². The molecular weight excluding hydrogens is 266 g/mol. The number of para-hydroxylation sites is 1. The highest BCUT2D eigenvalue weighted by Crippen LogP contribution is 2.29. The number of methoxy groups -OCH3 is 1. The molecule has 0 spiro atoms. The quantitative estimate of drug-likeness (QED) is 0.790. The smallest absolute Gasteiger partial charge is 0.255 e. The highest BCUT2D eigenvalue weighted by Gasteiger charge is 2.25. The number of aromatic hydroxyl groups is 1. The Morgan fingerprint density at radius 1 is 1.53 bits per heavy atom. The number of hydrogen-bond acceptors (Lipinski definition) is 3. The molecular formula is C14H20ClNO3. The van der Waals surface area contributed by atoms with Crippen molar-refractivity contribution in [1.29, 1.82) is 0 Å². The van der Waals surface area contributed by atoms with Gasteiger partial charge in [-0.2, -0.15) is 0 Å². The molecule has 0 radical (unpaired) electrons. The van der Waals surface area contributed by atoms with Gasteiger partial charge in [0.25, 0.3) is 5.91 Å². The van der Waals surface area contributed by atoms with Crippen molar-refractivity contribution in [1.82, 2.24) is 5.32 Å². The summed E-state index contributed by atoms with van der Waals surface area (Å²) in [5.41, 5.74) is -0.178. The van der Waals surface area contributed by atoms with Crippen LogP contribution in [-0.4, -0.2) is 29.5 Å². The van der Waals surface area contributed by atoms with Gasteiger partial charge in [0.2, 0.25) is 0 Å². The van der Waals surface area contributed by atoms with Gasteiger partial charge in [-0.3, -0.25) is 4.79 Å². The van der Waals surface area contributed by atoms with Crippen molar-refractivity contribution in [3.8, 4) is 11.5 Å². The van der Waals surface area contributed by atoms with Crippen LogP contribution in [0.1, 0.15) is 37.0 Å². The first-order chi connectivity index (χ1) is 8.97. The fourth-order valence-corrected chi connectivity index (χ4v) is 2.17. The van der Waals surface area contributed by atoms with Crippen molar-refractivity contribution in [3.63, 3.8) is 0 Å². The van der Waals surface area contributed by atoms with Gasteiger partial charge in [-0.15, -0.1) is 11.6 Å². The highest BCUT2D eigenvalue weighted by molar-refractivity contribution is 6.17. The topological polar surface area (TPSA) is 58.6 Å². The van der Waals surface area contributed by atoms with E-state index < -0.39 is 0 Å². The molecule has 0 heterocycles. The molecule has 0 saturated carbocycles. The lowest BCUT2D eigenvalue weighted by molar-refractivity contribution is 0.0898. The fraction of sp³-hybridized carbons (Fsp3) is 0.500. The van der Waals surface area contributed by atoms with Gasteiger partial charge >= 0.3 is 0 Å². The van der Waals surface area contributed by atoms with Gasteiger partial charge in [0.05, 0.1) is 12.7 Å². The summed E-state index contributed by atoms with van der Waals surface area (Å²) in [6.07, 6.45) is 1.43. The van der Waals surface area contributed by atoms with Crippen molar-refractivity contribution < 1.29 is 14.6 Å². The van der Waals surface area contributed by atoms with Crippen molar-refractivity contribution >= 4 is 17.5 Å². The molecule has 2 N–H and O–H groups in total. The zero-order valence-electron chi connectivity index (χ0n) is 11.5. The molecule has 1 atom stereocenters. The van der Waals surface area contributed by atoms with Crippen LogP contribution in [0.15, 0.2) is 18.2 Å². The van der Waals surface area contributed by atoms with Gasteiger partial charge in [0.1, 0.15) is 0 Å². The Bertz CT molecular complexity index is 450. The molecule has 1 unspecified atom stereocenters. The lowest BCUT2D eigenvalue weighted by Gasteiger charge is -2.29. The van der Waals surface area contributed by atoms with E-state index in [1.54, 1.807) is 18.2 Å². The fourth-order valence-electron chi connectivity index (χ4n) is 1.75. The molecule has 19 heavy (non-hydrogen) atoms. The summed E-state index contributed by atoms with van der Waals surface area (Å²) in [6, 6.07) is 4.83. The number of phenols is 1. The number of hydrogen-bond donors (Lipinski definition) is 2. The molecule has 1 aromatic rings. The van der Waals surface area contributed by atoms with Gasteiger partial charge in [-0.1, -0.05) is 13.0 Å². The van der Waals surface area contributed by atoms with Gasteiger partial charge in [-0.25, -0.2) is 0 Å². The number of amides is 1. The van der Waals surface area contributed by atoms with Crippen LogP contribution in [0.25, 0.3) is 0 Å². The minimum Gasteiger partial charge on any atom is -0.504 e. The summed E-state index contributed by atoms with van der Waals surface area (Å²) in [7, 11) is 1.44. The molecule has 1 aromatic carbocycles. The second-order valence-corrected chi connectivity index (χ2v) is 5.04. The lowest BCUT2D eigenvalue weighted by atomic mass is 9.95. The third-order valence-electron chi connectivity index (χ3n) is 3.31. The van der Waals surface area contributed by atoms with Crippen molar-refractivity contribution in [2.75, 3.05) is 13.0 Å². The normalized spacial score (nSPS) is 13.7. The van der Waals surface area contributed by atoms with E-state index in [0.29, 0.717) is 12.3 Å². The van der Waals surface area contributed by atoms with Gasteiger partial charge in [0.15, 0.2) is 11.5 Å². The lowest BCUT2D eigenvalue weighted by Crippen LogP contribution is -2.45. The molecule has 0 aromatic heterocycles. The summed E-state index contributed by atoms with van der Waals surface area (Å²) in [5, 5.41) is 12.9. The summed E-state index contributed by atoms with van der Waals surface area (Å²) >= 11 is 5.75. The maximum absolute atomic E-state index is 12.2. The zero-order valence-corrected chi connectivity index (χ0v) is 12.3. The predicted octanol–water partition coefficient (Wildman–Crippen LogP) is 2.93. The summed E-state index contributed by atoms with van der Waals surface area (Å²) < 4.78 is 4.99. The Labute approximate surface area is 118 Å². The maximum Gasteiger partial charge on any atom is 0.255 e. The molecule has 4 nitrogen and oxygen atoms in total. The van der Waals surface area contributed by atoms with Crippen LogP contribution in [0, 0.1) is 0 Å². The second kappa shape index (κ2) is 6.66. The Hall–Kier alpha value is -1.42. The number of carbonyl (C=O) groups excluding carboxylic acids is 1. The number of nitrogens with one attached hydrogen (secondary N) is 1. The Kier molecular flexibility index (Phi) is 5.48. The molecule has 0 bridgehead atoms. The summed E-state index contributed by atoms with van der Waals surface area (Å²) in [5.74, 6) is 0.273. The van der Waals surface area contributed by atoms with Gasteiger partial charge in [-0.05, 0) is 31.9 Å². The first kappa shape index (κ1) is 15.6. The molecule has 0 fully saturated rings. The van der Waals surface area contributed by atoms with E-state index in [1.165, 1.54) is 7.11 Å². The van der Waals surface area contributed by atoms with Crippen LogP contribution in [-0.2, 0) is 0 Å². The Morgan fingerprint density at radius 2 is 2.21 bits per heavy atom. The SMILES string of the molecule is CCC(C)(CCCl)NC(=O)c1cccc(OC)c1O. The van der Waals surface area contributed by atoms with Gasteiger partial charge < -0.3 is 15.2 Å². The molecule has 5 heteroatoms.